The molecule has 0 aliphatic rings. The standard InChI is InChI=1S/CH4O4.H3P/c2-1(3,4)5;/h2-5H;1H3. The molecule has 0 radical (unpaired) electrons. The van der Waals surface area contributed by atoms with E-state index in [9.17, 15) is 0 Å². The predicted molar refractivity (Wildman–Crippen MR) is 22.7 cm³/mol. The fourth-order valence-corrected chi connectivity index (χ4v) is 0. The van der Waals surface area contributed by atoms with Gasteiger partial charge in [-0.15, -0.1) is 0 Å². The third-order valence-corrected chi connectivity index (χ3v) is 0. The van der Waals surface area contributed by atoms with Gasteiger partial charge in [0.2, 0.25) is 0 Å². The lowest BCUT2D eigenvalue weighted by Crippen LogP contribution is -2.25. The average Bonchev–Trinajstić information content (AvgIpc) is 0.722. The first kappa shape index (κ1) is 9.55. The highest BCUT2D eigenvalue weighted by Gasteiger charge is 2.07. The van der Waals surface area contributed by atoms with E-state index in [0.29, 0.717) is 0 Å². The molecular formula is CH7O4P. The Balaban J connectivity index is 0. The topological polar surface area (TPSA) is 80.9 Å². The van der Waals surface area contributed by atoms with Crippen molar-refractivity contribution in [1.82, 2.24) is 0 Å². The molecule has 0 aromatic carbocycles. The Morgan fingerprint density at radius 3 is 0.833 bits per heavy atom. The van der Waals surface area contributed by atoms with Gasteiger partial charge in [0.05, 0.1) is 0 Å². The fraction of sp³-hybridized carbons (Fsp3) is 1.00. The first-order valence-electron chi connectivity index (χ1n) is 0.894. The summed E-state index contributed by atoms with van der Waals surface area (Å²) in [6.07, 6.45) is -3.50. The lowest BCUT2D eigenvalue weighted by atomic mass is 11.2. The molecule has 0 bridgehead atoms. The molecule has 1 atom stereocenters. The zero-order valence-corrected chi connectivity index (χ0v) is 4.41. The molecule has 4 N–H and O–H groups in total. The Bertz CT molecular complexity index is 23.0. The van der Waals surface area contributed by atoms with Gasteiger partial charge in [-0.25, -0.2) is 0 Å². The van der Waals surface area contributed by atoms with Crippen molar-refractivity contribution in [2.45, 2.75) is 6.16 Å². The smallest absolute Gasteiger partial charge is 0.319 e. The number of aliphatic hydroxyl groups is 4. The Morgan fingerprint density at radius 2 is 0.833 bits per heavy atom. The Morgan fingerprint density at radius 1 is 0.833 bits per heavy atom. The summed E-state index contributed by atoms with van der Waals surface area (Å²) in [5, 5.41) is 28.8. The summed E-state index contributed by atoms with van der Waals surface area (Å²) in [5.74, 6) is 0. The molecule has 0 aliphatic heterocycles. The van der Waals surface area contributed by atoms with Crippen molar-refractivity contribution in [2.24, 2.45) is 0 Å². The maximum Gasteiger partial charge on any atom is 0.402 e. The number of rotatable bonds is 0. The van der Waals surface area contributed by atoms with Gasteiger partial charge in [0.15, 0.2) is 0 Å². The monoisotopic (exact) mass is 114 g/mol. The molecular weight excluding hydrogens is 107 g/mol. The van der Waals surface area contributed by atoms with Crippen molar-refractivity contribution in [3.63, 3.8) is 0 Å². The fourth-order valence-electron chi connectivity index (χ4n) is 0. The quantitative estimate of drug-likeness (QED) is 0.209. The van der Waals surface area contributed by atoms with Gasteiger partial charge in [0, 0.05) is 0 Å². The molecule has 0 aliphatic carbocycles. The van der Waals surface area contributed by atoms with Crippen LogP contribution >= 0.6 is 9.90 Å². The minimum atomic E-state index is -3.50. The van der Waals surface area contributed by atoms with Gasteiger partial charge in [-0.05, 0) is 0 Å². The minimum Gasteiger partial charge on any atom is -0.319 e. The maximum atomic E-state index is 7.19. The van der Waals surface area contributed by atoms with Crippen LogP contribution in [0.2, 0.25) is 0 Å². The van der Waals surface area contributed by atoms with Crippen molar-refractivity contribution in [2.75, 3.05) is 0 Å². The summed E-state index contributed by atoms with van der Waals surface area (Å²) >= 11 is 0. The van der Waals surface area contributed by atoms with Crippen LogP contribution in [0, 0.1) is 0 Å². The minimum absolute atomic E-state index is 0. The van der Waals surface area contributed by atoms with Crippen LogP contribution < -0.4 is 0 Å². The van der Waals surface area contributed by atoms with Gasteiger partial charge in [-0.2, -0.15) is 9.90 Å². The third kappa shape index (κ3) is 626. The predicted octanol–water partition coefficient (Wildman–Crippen LogP) is -2.38. The number of hydrogen-bond acceptors (Lipinski definition) is 4. The van der Waals surface area contributed by atoms with Gasteiger partial charge in [0.1, 0.15) is 0 Å². The van der Waals surface area contributed by atoms with E-state index >= 15 is 0 Å². The van der Waals surface area contributed by atoms with E-state index in [2.05, 4.69) is 0 Å². The lowest BCUT2D eigenvalue weighted by molar-refractivity contribution is -0.436. The van der Waals surface area contributed by atoms with Crippen LogP contribution in [0.3, 0.4) is 0 Å². The molecule has 0 amide bonds. The summed E-state index contributed by atoms with van der Waals surface area (Å²) in [6.45, 7) is 0. The largest absolute Gasteiger partial charge is 0.402 e. The molecule has 4 nitrogen and oxygen atoms in total. The second-order valence-corrected chi connectivity index (χ2v) is 0.600. The molecule has 0 aromatic heterocycles. The second kappa shape index (κ2) is 2.44. The van der Waals surface area contributed by atoms with Crippen LogP contribution in [0.4, 0.5) is 0 Å². The summed E-state index contributed by atoms with van der Waals surface area (Å²) < 4.78 is 0. The summed E-state index contributed by atoms with van der Waals surface area (Å²) in [7, 11) is 0. The normalized spacial score (nSPS) is 10.0. The van der Waals surface area contributed by atoms with Crippen LogP contribution in [0.5, 0.6) is 0 Å². The van der Waals surface area contributed by atoms with E-state index in [1.807, 2.05) is 0 Å². The Kier molecular flexibility index (Phi) is 3.89. The van der Waals surface area contributed by atoms with Crippen molar-refractivity contribution < 1.29 is 20.4 Å². The van der Waals surface area contributed by atoms with E-state index in [0.717, 1.165) is 0 Å². The Hall–Kier alpha value is 0.270. The van der Waals surface area contributed by atoms with E-state index in [1.54, 1.807) is 0 Å². The first-order valence-corrected chi connectivity index (χ1v) is 0.894. The van der Waals surface area contributed by atoms with E-state index in [4.69, 9.17) is 20.4 Å². The van der Waals surface area contributed by atoms with Crippen molar-refractivity contribution in [1.29, 1.82) is 0 Å². The van der Waals surface area contributed by atoms with Crippen LogP contribution in [-0.4, -0.2) is 26.6 Å². The SMILES string of the molecule is OC(O)(O)O.P. The van der Waals surface area contributed by atoms with Gasteiger partial charge >= 0.3 is 6.16 Å². The van der Waals surface area contributed by atoms with Crippen LogP contribution in [-0.2, 0) is 0 Å². The number of hydrogen-bond donors (Lipinski definition) is 4. The molecule has 0 spiro atoms. The van der Waals surface area contributed by atoms with Crippen LogP contribution in [0.25, 0.3) is 0 Å². The third-order valence-electron chi connectivity index (χ3n) is 0. The summed E-state index contributed by atoms with van der Waals surface area (Å²) in [6, 6.07) is 0. The summed E-state index contributed by atoms with van der Waals surface area (Å²) in [4.78, 5) is 0. The van der Waals surface area contributed by atoms with Gasteiger partial charge in [-0.3, -0.25) is 0 Å². The van der Waals surface area contributed by atoms with Crippen molar-refractivity contribution >= 4 is 9.90 Å². The Labute approximate surface area is 37.7 Å². The van der Waals surface area contributed by atoms with E-state index in [1.165, 1.54) is 0 Å². The average molecular weight is 114 g/mol. The molecule has 0 fully saturated rings. The lowest BCUT2D eigenvalue weighted by Gasteiger charge is -1.99. The van der Waals surface area contributed by atoms with Crippen molar-refractivity contribution in [3.05, 3.63) is 0 Å². The molecule has 0 saturated carbocycles. The molecule has 40 valence electrons. The molecule has 0 aromatic rings. The van der Waals surface area contributed by atoms with Gasteiger partial charge < -0.3 is 20.4 Å². The van der Waals surface area contributed by atoms with E-state index in [-0.39, 0.29) is 9.90 Å². The first-order chi connectivity index (χ1) is 2.00. The highest BCUT2D eigenvalue weighted by molar-refractivity contribution is 6.92. The zero-order chi connectivity index (χ0) is 4.50. The highest BCUT2D eigenvalue weighted by atomic mass is 31.0. The van der Waals surface area contributed by atoms with E-state index < -0.39 is 6.16 Å². The summed E-state index contributed by atoms with van der Waals surface area (Å²) in [5.41, 5.74) is 0. The molecule has 1 unspecified atom stereocenters. The molecule has 0 heterocycles. The molecule has 5 heteroatoms. The van der Waals surface area contributed by atoms with Crippen molar-refractivity contribution in [3.8, 4) is 0 Å². The maximum absolute atomic E-state index is 7.19. The molecule has 0 rings (SSSR count). The van der Waals surface area contributed by atoms with Gasteiger partial charge in [0.25, 0.3) is 0 Å². The molecule has 6 heavy (non-hydrogen) atoms. The highest BCUT2D eigenvalue weighted by Crippen LogP contribution is 1.75. The molecule has 0 saturated heterocycles. The van der Waals surface area contributed by atoms with Crippen LogP contribution in [0.1, 0.15) is 0 Å². The zero-order valence-electron chi connectivity index (χ0n) is 3.00. The second-order valence-electron chi connectivity index (χ2n) is 0.600. The van der Waals surface area contributed by atoms with Gasteiger partial charge in [-0.1, -0.05) is 0 Å². The van der Waals surface area contributed by atoms with Crippen LogP contribution in [0.15, 0.2) is 0 Å².